The molecule has 0 saturated heterocycles. The summed E-state index contributed by atoms with van der Waals surface area (Å²) in [6, 6.07) is 4.03. The Hall–Kier alpha value is -2.37. The summed E-state index contributed by atoms with van der Waals surface area (Å²) in [7, 11) is 1.30. The van der Waals surface area contributed by atoms with Gasteiger partial charge in [0.1, 0.15) is 6.04 Å². The fraction of sp³-hybridized carbons (Fsp3) is 0.333. The number of anilines is 2. The minimum atomic E-state index is -0.668. The van der Waals surface area contributed by atoms with Crippen molar-refractivity contribution in [2.24, 2.45) is 5.92 Å². The van der Waals surface area contributed by atoms with Crippen LogP contribution >= 0.6 is 0 Å². The van der Waals surface area contributed by atoms with Gasteiger partial charge in [-0.3, -0.25) is 4.98 Å². The van der Waals surface area contributed by atoms with Crippen LogP contribution in [0.5, 0.6) is 0 Å². The molecule has 6 heteroatoms. The number of carbonyl (C=O) groups is 1. The van der Waals surface area contributed by atoms with Crippen LogP contribution in [0.15, 0.2) is 24.4 Å². The number of aromatic nitrogens is 1. The summed E-state index contributed by atoms with van der Waals surface area (Å²) in [5.74, 6) is -1.08. The summed E-state index contributed by atoms with van der Waals surface area (Å²) < 4.78 is 19.0. The highest BCUT2D eigenvalue weighted by Crippen LogP contribution is 2.30. The first-order valence-corrected chi connectivity index (χ1v) is 6.62. The van der Waals surface area contributed by atoms with E-state index in [9.17, 15) is 9.18 Å². The van der Waals surface area contributed by atoms with Gasteiger partial charge in [0.25, 0.3) is 0 Å². The number of nitrogen functional groups attached to an aromatic ring is 1. The largest absolute Gasteiger partial charge is 0.467 e. The van der Waals surface area contributed by atoms with Gasteiger partial charge in [-0.15, -0.1) is 0 Å². The molecule has 21 heavy (non-hydrogen) atoms. The number of benzene rings is 1. The average Bonchev–Trinajstić information content (AvgIpc) is 2.46. The topological polar surface area (TPSA) is 77.2 Å². The van der Waals surface area contributed by atoms with Gasteiger partial charge in [-0.05, 0) is 24.1 Å². The van der Waals surface area contributed by atoms with Crippen LogP contribution in [-0.4, -0.2) is 24.1 Å². The molecule has 0 fully saturated rings. The number of ether oxygens (including phenoxy) is 1. The molecule has 2 rings (SSSR count). The molecular weight excluding hydrogens is 273 g/mol. The van der Waals surface area contributed by atoms with Crippen LogP contribution in [0.4, 0.5) is 15.8 Å². The molecule has 2 aromatic rings. The molecule has 0 saturated carbocycles. The second-order valence-electron chi connectivity index (χ2n) is 5.11. The summed E-state index contributed by atoms with van der Waals surface area (Å²) in [6.07, 6.45) is 1.55. The van der Waals surface area contributed by atoms with Crippen LogP contribution in [0.25, 0.3) is 10.9 Å². The molecule has 0 radical (unpaired) electrons. The Labute approximate surface area is 122 Å². The van der Waals surface area contributed by atoms with Crippen LogP contribution in [0.3, 0.4) is 0 Å². The molecule has 0 aliphatic rings. The van der Waals surface area contributed by atoms with Gasteiger partial charge >= 0.3 is 5.97 Å². The zero-order valence-electron chi connectivity index (χ0n) is 12.2. The lowest BCUT2D eigenvalue weighted by Crippen LogP contribution is -2.35. The molecule has 3 N–H and O–H groups in total. The first-order chi connectivity index (χ1) is 9.95. The lowest BCUT2D eigenvalue weighted by Gasteiger charge is -2.22. The molecule has 0 aliphatic heterocycles. The van der Waals surface area contributed by atoms with Crippen molar-refractivity contribution in [3.8, 4) is 0 Å². The Morgan fingerprint density at radius 3 is 2.81 bits per heavy atom. The summed E-state index contributed by atoms with van der Waals surface area (Å²) in [5, 5.41) is 3.53. The molecule has 1 aromatic heterocycles. The number of rotatable bonds is 4. The van der Waals surface area contributed by atoms with E-state index in [1.807, 2.05) is 13.8 Å². The predicted molar refractivity (Wildman–Crippen MR) is 80.4 cm³/mol. The first kappa shape index (κ1) is 15.0. The summed E-state index contributed by atoms with van der Waals surface area (Å²) >= 11 is 0. The van der Waals surface area contributed by atoms with E-state index in [0.29, 0.717) is 16.6 Å². The lowest BCUT2D eigenvalue weighted by molar-refractivity contribution is -0.142. The standard InChI is InChI=1S/C15H18FN3O2/c1-8(2)12(15(20)21-3)19-14-10(16)7-11(17)9-5-4-6-18-13(9)14/h4-8,12,19H,17H2,1-3H3. The van der Waals surface area contributed by atoms with Crippen molar-refractivity contribution >= 4 is 28.2 Å². The van der Waals surface area contributed by atoms with E-state index in [1.54, 1.807) is 18.3 Å². The van der Waals surface area contributed by atoms with Gasteiger partial charge in [0.05, 0.1) is 18.3 Å². The second kappa shape index (κ2) is 5.95. The highest BCUT2D eigenvalue weighted by atomic mass is 19.1. The van der Waals surface area contributed by atoms with E-state index in [2.05, 4.69) is 10.3 Å². The van der Waals surface area contributed by atoms with Gasteiger partial charge in [0.2, 0.25) is 0 Å². The Balaban J connectivity index is 2.53. The van der Waals surface area contributed by atoms with Gasteiger partial charge in [0, 0.05) is 17.3 Å². The average molecular weight is 291 g/mol. The number of hydrogen-bond donors (Lipinski definition) is 2. The molecule has 5 nitrogen and oxygen atoms in total. The molecular formula is C15H18FN3O2. The fourth-order valence-corrected chi connectivity index (χ4v) is 2.15. The molecule has 1 heterocycles. The quantitative estimate of drug-likeness (QED) is 0.668. The van der Waals surface area contributed by atoms with Gasteiger partial charge in [-0.25, -0.2) is 9.18 Å². The number of pyridine rings is 1. The lowest BCUT2D eigenvalue weighted by atomic mass is 10.0. The molecule has 0 bridgehead atoms. The maximum atomic E-state index is 14.2. The van der Waals surface area contributed by atoms with E-state index >= 15 is 0 Å². The zero-order valence-corrected chi connectivity index (χ0v) is 12.2. The van der Waals surface area contributed by atoms with Crippen molar-refractivity contribution in [3.05, 3.63) is 30.2 Å². The van der Waals surface area contributed by atoms with Gasteiger partial charge in [-0.2, -0.15) is 0 Å². The number of nitrogens with two attached hydrogens (primary N) is 1. The zero-order chi connectivity index (χ0) is 15.6. The van der Waals surface area contributed by atoms with Crippen molar-refractivity contribution in [3.63, 3.8) is 0 Å². The van der Waals surface area contributed by atoms with Crippen molar-refractivity contribution in [2.75, 3.05) is 18.2 Å². The summed E-state index contributed by atoms with van der Waals surface area (Å²) in [5.41, 5.74) is 6.66. The van der Waals surface area contributed by atoms with Gasteiger partial charge in [-0.1, -0.05) is 13.8 Å². The molecule has 112 valence electrons. The molecule has 1 atom stereocenters. The van der Waals surface area contributed by atoms with Crippen molar-refractivity contribution < 1.29 is 13.9 Å². The highest BCUT2D eigenvalue weighted by Gasteiger charge is 2.25. The number of nitrogens with one attached hydrogen (secondary N) is 1. The number of halogens is 1. The molecule has 0 aliphatic carbocycles. The molecule has 0 amide bonds. The van der Waals surface area contributed by atoms with Crippen LogP contribution in [-0.2, 0) is 9.53 Å². The maximum Gasteiger partial charge on any atom is 0.328 e. The van der Waals surface area contributed by atoms with Crippen LogP contribution in [0.2, 0.25) is 0 Å². The van der Waals surface area contributed by atoms with Crippen LogP contribution in [0.1, 0.15) is 13.8 Å². The van der Waals surface area contributed by atoms with E-state index in [0.717, 1.165) is 0 Å². The summed E-state index contributed by atoms with van der Waals surface area (Å²) in [6.45, 7) is 3.69. The highest BCUT2D eigenvalue weighted by molar-refractivity contribution is 5.99. The third-order valence-corrected chi connectivity index (χ3v) is 3.30. The Kier molecular flexibility index (Phi) is 4.26. The van der Waals surface area contributed by atoms with E-state index in [-0.39, 0.29) is 11.6 Å². The Morgan fingerprint density at radius 2 is 2.19 bits per heavy atom. The third-order valence-electron chi connectivity index (χ3n) is 3.30. The van der Waals surface area contributed by atoms with Gasteiger partial charge in [0.15, 0.2) is 5.82 Å². The van der Waals surface area contributed by atoms with Crippen LogP contribution < -0.4 is 11.1 Å². The Morgan fingerprint density at radius 1 is 1.48 bits per heavy atom. The number of nitrogens with zero attached hydrogens (tertiary/aromatic N) is 1. The third kappa shape index (κ3) is 2.89. The fourth-order valence-electron chi connectivity index (χ4n) is 2.15. The second-order valence-corrected chi connectivity index (χ2v) is 5.11. The van der Waals surface area contributed by atoms with E-state index < -0.39 is 17.8 Å². The van der Waals surface area contributed by atoms with Crippen LogP contribution in [0, 0.1) is 11.7 Å². The molecule has 0 spiro atoms. The first-order valence-electron chi connectivity index (χ1n) is 6.62. The number of fused-ring (bicyclic) bond motifs is 1. The number of hydrogen-bond acceptors (Lipinski definition) is 5. The van der Waals surface area contributed by atoms with Crippen molar-refractivity contribution in [1.82, 2.24) is 4.98 Å². The van der Waals surface area contributed by atoms with Gasteiger partial charge < -0.3 is 15.8 Å². The monoisotopic (exact) mass is 291 g/mol. The number of methoxy groups -OCH3 is 1. The van der Waals surface area contributed by atoms with Crippen molar-refractivity contribution in [1.29, 1.82) is 0 Å². The molecule has 1 unspecified atom stereocenters. The minimum absolute atomic E-state index is 0.0758. The SMILES string of the molecule is COC(=O)C(Nc1c(F)cc(N)c2cccnc12)C(C)C. The normalized spacial score (nSPS) is 12.4. The Bertz CT molecular complexity index is 673. The molecule has 1 aromatic carbocycles. The van der Waals surface area contributed by atoms with Crippen molar-refractivity contribution in [2.45, 2.75) is 19.9 Å². The minimum Gasteiger partial charge on any atom is -0.467 e. The van der Waals surface area contributed by atoms with E-state index in [1.165, 1.54) is 13.2 Å². The van der Waals surface area contributed by atoms with E-state index in [4.69, 9.17) is 10.5 Å². The number of esters is 1. The summed E-state index contributed by atoms with van der Waals surface area (Å²) in [4.78, 5) is 16.0. The smallest absolute Gasteiger partial charge is 0.328 e. The predicted octanol–water partition coefficient (Wildman–Crippen LogP) is 2.57. The number of carbonyl (C=O) groups excluding carboxylic acids is 1. The maximum absolute atomic E-state index is 14.2.